The van der Waals surface area contributed by atoms with Crippen molar-refractivity contribution in [1.29, 1.82) is 0 Å². The predicted octanol–water partition coefficient (Wildman–Crippen LogP) is 1.35. The minimum atomic E-state index is 0.0279. The van der Waals surface area contributed by atoms with E-state index >= 15 is 0 Å². The minimum absolute atomic E-state index is 0.0279. The van der Waals surface area contributed by atoms with Crippen LogP contribution in [-0.4, -0.2) is 47.6 Å². The van der Waals surface area contributed by atoms with Gasteiger partial charge in [-0.15, -0.1) is 0 Å². The monoisotopic (exact) mass is 313 g/mol. The van der Waals surface area contributed by atoms with Gasteiger partial charge in [0, 0.05) is 36.6 Å². The Balaban J connectivity index is 1.79. The third kappa shape index (κ3) is 2.94. The van der Waals surface area contributed by atoms with Gasteiger partial charge in [0.1, 0.15) is 12.1 Å². The summed E-state index contributed by atoms with van der Waals surface area (Å²) >= 11 is 0. The lowest BCUT2D eigenvalue weighted by atomic mass is 10.2. The minimum Gasteiger partial charge on any atom is -0.481 e. The maximum Gasteiger partial charge on any atom is 0.246 e. The number of carbonyl (C=O) groups excluding carboxylic acids is 1. The summed E-state index contributed by atoms with van der Waals surface area (Å²) in [5, 5.41) is 0. The van der Waals surface area contributed by atoms with Gasteiger partial charge in [-0.25, -0.2) is 15.0 Å². The van der Waals surface area contributed by atoms with Crippen LogP contribution in [0.5, 0.6) is 5.88 Å². The second-order valence-electron chi connectivity index (χ2n) is 5.43. The van der Waals surface area contributed by atoms with E-state index in [4.69, 9.17) is 4.74 Å². The van der Waals surface area contributed by atoms with E-state index in [2.05, 4.69) is 15.0 Å². The second-order valence-corrected chi connectivity index (χ2v) is 5.43. The molecule has 1 fully saturated rings. The van der Waals surface area contributed by atoms with Crippen molar-refractivity contribution in [3.05, 3.63) is 35.9 Å². The van der Waals surface area contributed by atoms with E-state index in [1.807, 2.05) is 24.8 Å². The van der Waals surface area contributed by atoms with E-state index in [1.165, 1.54) is 0 Å². The molecule has 0 bridgehead atoms. The van der Waals surface area contributed by atoms with Crippen molar-refractivity contribution < 1.29 is 9.53 Å². The zero-order valence-electron chi connectivity index (χ0n) is 13.5. The van der Waals surface area contributed by atoms with Crippen molar-refractivity contribution in [3.63, 3.8) is 0 Å². The van der Waals surface area contributed by atoms with Crippen molar-refractivity contribution >= 4 is 17.4 Å². The number of hydrogen-bond acceptors (Lipinski definition) is 6. The Morgan fingerprint density at radius 1 is 1.17 bits per heavy atom. The number of piperazine rings is 1. The Labute approximate surface area is 134 Å². The molecule has 0 aromatic carbocycles. The standard InChI is InChI=1S/C16H19N5O2/c1-11-12(2)18-10-19-16(11)20-6-7-21(15(22)9-20)13-4-5-17-14(8-13)23-3/h4-5,8,10H,6-7,9H2,1-3H3. The number of nitrogens with zero attached hydrogens (tertiary/aromatic N) is 5. The van der Waals surface area contributed by atoms with E-state index in [1.54, 1.807) is 30.6 Å². The first-order valence-electron chi connectivity index (χ1n) is 7.43. The number of ether oxygens (including phenoxy) is 1. The van der Waals surface area contributed by atoms with Gasteiger partial charge in [-0.1, -0.05) is 0 Å². The van der Waals surface area contributed by atoms with Gasteiger partial charge in [0.2, 0.25) is 11.8 Å². The Morgan fingerprint density at radius 3 is 2.74 bits per heavy atom. The van der Waals surface area contributed by atoms with Gasteiger partial charge in [0.05, 0.1) is 19.3 Å². The number of aryl methyl sites for hydroxylation is 1. The molecule has 0 saturated carbocycles. The zero-order chi connectivity index (χ0) is 16.4. The molecule has 3 heterocycles. The van der Waals surface area contributed by atoms with Gasteiger partial charge in [-0.2, -0.15) is 0 Å². The Hall–Kier alpha value is -2.70. The maximum atomic E-state index is 12.6. The molecule has 1 aliphatic rings. The molecule has 7 nitrogen and oxygen atoms in total. The molecule has 0 N–H and O–H groups in total. The lowest BCUT2D eigenvalue weighted by Crippen LogP contribution is -2.51. The van der Waals surface area contributed by atoms with Crippen LogP contribution in [0, 0.1) is 13.8 Å². The molecule has 120 valence electrons. The van der Waals surface area contributed by atoms with Crippen LogP contribution < -0.4 is 14.5 Å². The average molecular weight is 313 g/mol. The van der Waals surface area contributed by atoms with Crippen molar-refractivity contribution in [2.75, 3.05) is 36.5 Å². The van der Waals surface area contributed by atoms with E-state index in [0.29, 0.717) is 25.5 Å². The second kappa shape index (κ2) is 6.20. The quantitative estimate of drug-likeness (QED) is 0.852. The molecule has 7 heteroatoms. The van der Waals surface area contributed by atoms with Crippen LogP contribution in [-0.2, 0) is 4.79 Å². The normalized spacial score (nSPS) is 15.0. The zero-order valence-corrected chi connectivity index (χ0v) is 13.5. The topological polar surface area (TPSA) is 71.5 Å². The van der Waals surface area contributed by atoms with E-state index in [-0.39, 0.29) is 5.91 Å². The maximum absolute atomic E-state index is 12.6. The number of carbonyl (C=O) groups is 1. The van der Waals surface area contributed by atoms with Gasteiger partial charge >= 0.3 is 0 Å². The molecule has 2 aromatic rings. The van der Waals surface area contributed by atoms with E-state index in [9.17, 15) is 4.79 Å². The van der Waals surface area contributed by atoms with Crippen molar-refractivity contribution in [2.45, 2.75) is 13.8 Å². The number of rotatable bonds is 3. The van der Waals surface area contributed by atoms with Crippen molar-refractivity contribution in [2.24, 2.45) is 0 Å². The van der Waals surface area contributed by atoms with Gasteiger partial charge in [0.15, 0.2) is 0 Å². The lowest BCUT2D eigenvalue weighted by molar-refractivity contribution is -0.117. The highest BCUT2D eigenvalue weighted by atomic mass is 16.5. The highest BCUT2D eigenvalue weighted by Gasteiger charge is 2.27. The Morgan fingerprint density at radius 2 is 2.00 bits per heavy atom. The predicted molar refractivity (Wildman–Crippen MR) is 86.9 cm³/mol. The summed E-state index contributed by atoms with van der Waals surface area (Å²) in [5.74, 6) is 1.36. The first-order chi connectivity index (χ1) is 11.1. The van der Waals surface area contributed by atoms with Crippen LogP contribution in [0.3, 0.4) is 0 Å². The molecular weight excluding hydrogens is 294 g/mol. The number of methoxy groups -OCH3 is 1. The van der Waals surface area contributed by atoms with E-state index in [0.717, 1.165) is 22.8 Å². The third-order valence-electron chi connectivity index (χ3n) is 4.07. The molecule has 2 aromatic heterocycles. The fraction of sp³-hybridized carbons (Fsp3) is 0.375. The van der Waals surface area contributed by atoms with Crippen molar-refractivity contribution in [3.8, 4) is 5.88 Å². The van der Waals surface area contributed by atoms with E-state index < -0.39 is 0 Å². The van der Waals surface area contributed by atoms with Crippen LogP contribution in [0.2, 0.25) is 0 Å². The SMILES string of the molecule is COc1cc(N2CCN(c3ncnc(C)c3C)CC2=O)ccn1. The summed E-state index contributed by atoms with van der Waals surface area (Å²) < 4.78 is 5.12. The number of amides is 1. The Bertz CT molecular complexity index is 734. The molecule has 23 heavy (non-hydrogen) atoms. The largest absolute Gasteiger partial charge is 0.481 e. The molecule has 1 aliphatic heterocycles. The third-order valence-corrected chi connectivity index (χ3v) is 4.07. The molecule has 0 spiro atoms. The van der Waals surface area contributed by atoms with Crippen LogP contribution in [0.25, 0.3) is 0 Å². The van der Waals surface area contributed by atoms with Gasteiger partial charge in [-0.3, -0.25) is 4.79 Å². The van der Waals surface area contributed by atoms with Crippen LogP contribution in [0.4, 0.5) is 11.5 Å². The summed E-state index contributed by atoms with van der Waals surface area (Å²) in [5.41, 5.74) is 2.75. The average Bonchev–Trinajstić information content (AvgIpc) is 2.57. The highest BCUT2D eigenvalue weighted by Crippen LogP contribution is 2.24. The number of pyridine rings is 1. The summed E-state index contributed by atoms with van der Waals surface area (Å²) in [6, 6.07) is 3.59. The summed E-state index contributed by atoms with van der Waals surface area (Å²) in [6.45, 7) is 5.53. The first kappa shape index (κ1) is 15.2. The number of hydrogen-bond donors (Lipinski definition) is 0. The highest BCUT2D eigenvalue weighted by molar-refractivity contribution is 5.97. The van der Waals surface area contributed by atoms with Gasteiger partial charge < -0.3 is 14.5 Å². The molecule has 1 saturated heterocycles. The fourth-order valence-electron chi connectivity index (χ4n) is 2.65. The molecular formula is C16H19N5O2. The molecule has 0 atom stereocenters. The van der Waals surface area contributed by atoms with Gasteiger partial charge in [-0.05, 0) is 19.9 Å². The van der Waals surface area contributed by atoms with Crippen LogP contribution in [0.15, 0.2) is 24.7 Å². The molecule has 0 aliphatic carbocycles. The molecule has 1 amide bonds. The van der Waals surface area contributed by atoms with Crippen LogP contribution in [0.1, 0.15) is 11.3 Å². The van der Waals surface area contributed by atoms with Crippen molar-refractivity contribution in [1.82, 2.24) is 15.0 Å². The first-order valence-corrected chi connectivity index (χ1v) is 7.43. The number of aromatic nitrogens is 3. The smallest absolute Gasteiger partial charge is 0.246 e. The summed E-state index contributed by atoms with van der Waals surface area (Å²) in [7, 11) is 1.56. The number of anilines is 2. The van der Waals surface area contributed by atoms with Gasteiger partial charge in [0.25, 0.3) is 0 Å². The molecule has 0 unspecified atom stereocenters. The fourth-order valence-corrected chi connectivity index (χ4v) is 2.65. The Kier molecular flexibility index (Phi) is 4.10. The molecule has 0 radical (unpaired) electrons. The van der Waals surface area contributed by atoms with Crippen LogP contribution >= 0.6 is 0 Å². The summed E-state index contributed by atoms with van der Waals surface area (Å²) in [4.78, 5) is 28.9. The summed E-state index contributed by atoms with van der Waals surface area (Å²) in [6.07, 6.45) is 3.19. The molecule has 3 rings (SSSR count). The lowest BCUT2D eigenvalue weighted by Gasteiger charge is -2.35.